The van der Waals surface area contributed by atoms with Gasteiger partial charge in [0.1, 0.15) is 5.69 Å². The van der Waals surface area contributed by atoms with Gasteiger partial charge in [-0.2, -0.15) is 0 Å². The molecular weight excluding hydrogens is 328 g/mol. The third-order valence-corrected chi connectivity index (χ3v) is 4.58. The second-order valence-corrected chi connectivity index (χ2v) is 5.98. The molecule has 0 unspecified atom stereocenters. The van der Waals surface area contributed by atoms with Gasteiger partial charge in [0.15, 0.2) is 0 Å². The van der Waals surface area contributed by atoms with Crippen molar-refractivity contribution in [2.24, 2.45) is 0 Å². The first-order valence-electron chi connectivity index (χ1n) is 9.19. The average Bonchev–Trinajstić information content (AvgIpc) is 2.65. The monoisotopic (exact) mass is 356 g/mol. The lowest BCUT2D eigenvalue weighted by molar-refractivity contribution is -0.383. The summed E-state index contributed by atoms with van der Waals surface area (Å²) in [4.78, 5) is 15.5. The van der Waals surface area contributed by atoms with Gasteiger partial charge in [0.25, 0.3) is 5.69 Å². The molecule has 6 heteroatoms. The molecule has 0 atom stereocenters. The minimum Gasteiger partial charge on any atom is -0.372 e. The maximum absolute atomic E-state index is 11.4. The molecule has 2 rings (SSSR count). The minimum atomic E-state index is -0.349. The van der Waals surface area contributed by atoms with E-state index >= 15 is 0 Å². The first-order valence-corrected chi connectivity index (χ1v) is 9.19. The summed E-state index contributed by atoms with van der Waals surface area (Å²) >= 11 is 0. The highest BCUT2D eigenvalue weighted by Gasteiger charge is 2.16. The number of hydrogen-bond donors (Lipinski definition) is 1. The molecular formula is C20H28N4O2. The lowest BCUT2D eigenvalue weighted by Gasteiger charge is -2.22. The van der Waals surface area contributed by atoms with Crippen molar-refractivity contribution in [2.45, 2.75) is 27.7 Å². The second kappa shape index (κ2) is 9.08. The molecule has 0 radical (unpaired) electrons. The Hall–Kier alpha value is -2.76. The van der Waals surface area contributed by atoms with Crippen molar-refractivity contribution >= 4 is 28.4 Å². The van der Waals surface area contributed by atoms with Gasteiger partial charge < -0.3 is 15.1 Å². The summed E-state index contributed by atoms with van der Waals surface area (Å²) in [5.74, 6) is 0. The van der Waals surface area contributed by atoms with Crippen molar-refractivity contribution in [3.63, 3.8) is 0 Å². The number of nitro groups is 1. The van der Waals surface area contributed by atoms with Gasteiger partial charge in [-0.1, -0.05) is 0 Å². The van der Waals surface area contributed by atoms with Gasteiger partial charge in [0, 0.05) is 49.3 Å². The van der Waals surface area contributed by atoms with Gasteiger partial charge in [-0.3, -0.25) is 10.1 Å². The summed E-state index contributed by atoms with van der Waals surface area (Å²) in [5, 5.41) is 14.6. The van der Waals surface area contributed by atoms with Gasteiger partial charge in [-0.15, -0.1) is 0 Å². The summed E-state index contributed by atoms with van der Waals surface area (Å²) in [7, 11) is 0. The SMILES string of the molecule is CCN(CC)c1ccc(Nc2cc(N(CC)CC)ccc2[N+](=O)[O-])cc1. The highest BCUT2D eigenvalue weighted by Crippen LogP contribution is 2.32. The molecule has 2 aromatic rings. The Balaban J connectivity index is 2.31. The fourth-order valence-corrected chi connectivity index (χ4v) is 3.07. The largest absolute Gasteiger partial charge is 0.372 e. The molecule has 0 amide bonds. The van der Waals surface area contributed by atoms with E-state index in [0.717, 1.165) is 43.2 Å². The normalized spacial score (nSPS) is 10.5. The quantitative estimate of drug-likeness (QED) is 0.504. The van der Waals surface area contributed by atoms with Crippen LogP contribution in [0.25, 0.3) is 0 Å². The number of nitrogens with zero attached hydrogens (tertiary/aromatic N) is 3. The molecule has 0 aliphatic carbocycles. The molecule has 6 nitrogen and oxygen atoms in total. The molecule has 0 saturated heterocycles. The van der Waals surface area contributed by atoms with Crippen LogP contribution in [0, 0.1) is 10.1 Å². The molecule has 0 heterocycles. The third-order valence-electron chi connectivity index (χ3n) is 4.58. The summed E-state index contributed by atoms with van der Waals surface area (Å²) in [5.41, 5.74) is 3.54. The van der Waals surface area contributed by atoms with Crippen LogP contribution in [0.5, 0.6) is 0 Å². The van der Waals surface area contributed by atoms with Crippen LogP contribution in [0.3, 0.4) is 0 Å². The number of nitro benzene ring substituents is 1. The van der Waals surface area contributed by atoms with Gasteiger partial charge in [0.05, 0.1) is 4.92 Å². The first-order chi connectivity index (χ1) is 12.5. The molecule has 2 aromatic carbocycles. The Morgan fingerprint density at radius 3 is 1.85 bits per heavy atom. The van der Waals surface area contributed by atoms with Crippen molar-refractivity contribution in [1.82, 2.24) is 0 Å². The Morgan fingerprint density at radius 1 is 0.846 bits per heavy atom. The van der Waals surface area contributed by atoms with Crippen LogP contribution in [0.2, 0.25) is 0 Å². The molecule has 0 aliphatic heterocycles. The Morgan fingerprint density at radius 2 is 1.35 bits per heavy atom. The van der Waals surface area contributed by atoms with E-state index in [9.17, 15) is 10.1 Å². The highest BCUT2D eigenvalue weighted by molar-refractivity contribution is 5.75. The number of benzene rings is 2. The minimum absolute atomic E-state index is 0.0775. The number of hydrogen-bond acceptors (Lipinski definition) is 5. The third kappa shape index (κ3) is 4.45. The molecule has 140 valence electrons. The van der Waals surface area contributed by atoms with E-state index in [0.29, 0.717) is 5.69 Å². The molecule has 0 fully saturated rings. The van der Waals surface area contributed by atoms with Gasteiger partial charge in [-0.05, 0) is 64.1 Å². The average molecular weight is 356 g/mol. The van der Waals surface area contributed by atoms with Gasteiger partial charge in [0.2, 0.25) is 0 Å². The summed E-state index contributed by atoms with van der Waals surface area (Å²) in [6, 6.07) is 13.2. The predicted octanol–water partition coefficient (Wildman–Crippen LogP) is 5.03. The lowest BCUT2D eigenvalue weighted by Crippen LogP contribution is -2.22. The highest BCUT2D eigenvalue weighted by atomic mass is 16.6. The Labute approximate surface area is 155 Å². The molecule has 0 aliphatic rings. The van der Waals surface area contributed by atoms with Crippen molar-refractivity contribution in [2.75, 3.05) is 41.3 Å². The zero-order valence-electron chi connectivity index (χ0n) is 16.0. The maximum atomic E-state index is 11.4. The molecule has 0 aromatic heterocycles. The van der Waals surface area contributed by atoms with E-state index in [1.165, 1.54) is 0 Å². The summed E-state index contributed by atoms with van der Waals surface area (Å²) < 4.78 is 0. The van der Waals surface area contributed by atoms with Crippen LogP contribution in [-0.4, -0.2) is 31.1 Å². The molecule has 0 saturated carbocycles. The Bertz CT molecular complexity index is 723. The maximum Gasteiger partial charge on any atom is 0.292 e. The topological polar surface area (TPSA) is 61.6 Å². The van der Waals surface area contributed by atoms with Gasteiger partial charge in [-0.25, -0.2) is 0 Å². The number of rotatable bonds is 9. The van der Waals surface area contributed by atoms with Crippen LogP contribution < -0.4 is 15.1 Å². The molecule has 0 spiro atoms. The zero-order valence-corrected chi connectivity index (χ0v) is 16.0. The fraction of sp³-hybridized carbons (Fsp3) is 0.400. The van der Waals surface area contributed by atoms with Crippen LogP contribution in [0.15, 0.2) is 42.5 Å². The standard InChI is InChI=1S/C20H28N4O2/c1-5-22(6-2)17-11-9-16(10-12-17)21-19-15-18(23(7-3)8-4)13-14-20(19)24(25)26/h9-15,21H,5-8H2,1-4H3. The zero-order chi connectivity index (χ0) is 19.1. The fourth-order valence-electron chi connectivity index (χ4n) is 3.07. The van der Waals surface area contributed by atoms with E-state index in [1.807, 2.05) is 30.3 Å². The molecule has 0 bridgehead atoms. The lowest BCUT2D eigenvalue weighted by atomic mass is 10.2. The summed E-state index contributed by atoms with van der Waals surface area (Å²) in [6.07, 6.45) is 0. The molecule has 1 N–H and O–H groups in total. The number of nitrogens with one attached hydrogen (secondary N) is 1. The molecule has 26 heavy (non-hydrogen) atoms. The van der Waals surface area contributed by atoms with Crippen LogP contribution in [0.4, 0.5) is 28.4 Å². The van der Waals surface area contributed by atoms with Crippen molar-refractivity contribution < 1.29 is 4.92 Å². The van der Waals surface area contributed by atoms with Crippen LogP contribution in [0.1, 0.15) is 27.7 Å². The van der Waals surface area contributed by atoms with E-state index in [2.05, 4.69) is 42.8 Å². The van der Waals surface area contributed by atoms with Crippen LogP contribution >= 0.6 is 0 Å². The summed E-state index contributed by atoms with van der Waals surface area (Å²) in [6.45, 7) is 12.0. The second-order valence-electron chi connectivity index (χ2n) is 5.98. The van der Waals surface area contributed by atoms with E-state index in [-0.39, 0.29) is 10.6 Å². The van der Waals surface area contributed by atoms with E-state index < -0.39 is 0 Å². The smallest absolute Gasteiger partial charge is 0.292 e. The number of anilines is 4. The van der Waals surface area contributed by atoms with Crippen molar-refractivity contribution in [3.05, 3.63) is 52.6 Å². The van der Waals surface area contributed by atoms with Crippen LogP contribution in [-0.2, 0) is 0 Å². The van der Waals surface area contributed by atoms with Crippen molar-refractivity contribution in [1.29, 1.82) is 0 Å². The Kier molecular flexibility index (Phi) is 6.83. The van der Waals surface area contributed by atoms with E-state index in [1.54, 1.807) is 12.1 Å². The first kappa shape index (κ1) is 19.6. The predicted molar refractivity (Wildman–Crippen MR) is 110 cm³/mol. The van der Waals surface area contributed by atoms with Gasteiger partial charge >= 0.3 is 0 Å². The van der Waals surface area contributed by atoms with Crippen molar-refractivity contribution in [3.8, 4) is 0 Å². The van der Waals surface area contributed by atoms with E-state index in [4.69, 9.17) is 0 Å².